The summed E-state index contributed by atoms with van der Waals surface area (Å²) >= 11 is 0. The average molecular weight is 351 g/mol. The van der Waals surface area contributed by atoms with Gasteiger partial charge in [-0.3, -0.25) is 14.6 Å². The number of carbonyl (C=O) groups is 2. The number of aromatic nitrogens is 1. The first-order chi connectivity index (χ1) is 12.6. The maximum absolute atomic E-state index is 13.0. The Balaban J connectivity index is 1.84. The fraction of sp³-hybridized carbons (Fsp3) is 0.381. The summed E-state index contributed by atoms with van der Waals surface area (Å²) in [5.74, 6) is -0.203. The number of nitrogens with zero attached hydrogens (tertiary/aromatic N) is 3. The van der Waals surface area contributed by atoms with Crippen LogP contribution < -0.4 is 4.90 Å². The number of benzene rings is 1. The topological polar surface area (TPSA) is 53.5 Å². The number of carbonyl (C=O) groups excluding carboxylic acids is 2. The molecule has 0 atom stereocenters. The first-order valence-electron chi connectivity index (χ1n) is 9.24. The smallest absolute Gasteiger partial charge is 0.272 e. The molecule has 1 aliphatic heterocycles. The van der Waals surface area contributed by atoms with Crippen LogP contribution in [0.3, 0.4) is 0 Å². The predicted octanol–water partition coefficient (Wildman–Crippen LogP) is 3.68. The Kier molecular flexibility index (Phi) is 5.66. The van der Waals surface area contributed by atoms with Gasteiger partial charge in [-0.05, 0) is 62.9 Å². The number of piperidine rings is 1. The number of hydrogen-bond donors (Lipinski definition) is 0. The van der Waals surface area contributed by atoms with Gasteiger partial charge in [-0.25, -0.2) is 0 Å². The third kappa shape index (κ3) is 3.93. The summed E-state index contributed by atoms with van der Waals surface area (Å²) < 4.78 is 0. The van der Waals surface area contributed by atoms with Gasteiger partial charge in [-0.1, -0.05) is 12.1 Å². The molecule has 2 heterocycles. The molecule has 0 bridgehead atoms. The Morgan fingerprint density at radius 1 is 1.12 bits per heavy atom. The van der Waals surface area contributed by atoms with Gasteiger partial charge in [0.25, 0.3) is 11.8 Å². The van der Waals surface area contributed by atoms with Gasteiger partial charge >= 0.3 is 0 Å². The zero-order chi connectivity index (χ0) is 18.5. The van der Waals surface area contributed by atoms with Crippen LogP contribution in [0.25, 0.3) is 0 Å². The Hall–Kier alpha value is -2.69. The monoisotopic (exact) mass is 351 g/mol. The zero-order valence-corrected chi connectivity index (χ0v) is 15.4. The van der Waals surface area contributed by atoms with Gasteiger partial charge in [-0.2, -0.15) is 0 Å². The second-order valence-corrected chi connectivity index (χ2v) is 6.67. The van der Waals surface area contributed by atoms with E-state index in [1.165, 1.54) is 0 Å². The molecule has 0 spiro atoms. The van der Waals surface area contributed by atoms with E-state index in [0.29, 0.717) is 17.8 Å². The molecule has 3 rings (SSSR count). The van der Waals surface area contributed by atoms with E-state index in [0.717, 1.165) is 43.6 Å². The lowest BCUT2D eigenvalue weighted by Crippen LogP contribution is -2.36. The Bertz CT molecular complexity index is 797. The minimum Gasteiger partial charge on any atom is -0.337 e. The Morgan fingerprint density at radius 3 is 2.58 bits per heavy atom. The fourth-order valence-corrected chi connectivity index (χ4v) is 3.33. The van der Waals surface area contributed by atoms with Gasteiger partial charge in [-0.15, -0.1) is 0 Å². The lowest BCUT2D eigenvalue weighted by Gasteiger charge is -2.26. The van der Waals surface area contributed by atoms with Crippen molar-refractivity contribution < 1.29 is 9.59 Å². The molecule has 1 aliphatic rings. The molecule has 5 nitrogen and oxygen atoms in total. The number of pyridine rings is 1. The van der Waals surface area contributed by atoms with Crippen LogP contribution in [-0.4, -0.2) is 41.3 Å². The standard InChI is InChI=1S/C21H25N3O2/c1-3-24(18-9-7-8-16(2)14-18)20(25)17-10-11-22-19(15-17)21(26)23-12-5-4-6-13-23/h7-11,14-15H,3-6,12-13H2,1-2H3. The number of hydrogen-bond acceptors (Lipinski definition) is 3. The quantitative estimate of drug-likeness (QED) is 0.844. The lowest BCUT2D eigenvalue weighted by atomic mass is 10.1. The summed E-state index contributed by atoms with van der Waals surface area (Å²) in [6, 6.07) is 11.2. The molecule has 1 aromatic heterocycles. The molecule has 26 heavy (non-hydrogen) atoms. The van der Waals surface area contributed by atoms with Gasteiger partial charge in [0, 0.05) is 37.1 Å². The molecule has 5 heteroatoms. The average Bonchev–Trinajstić information content (AvgIpc) is 2.69. The Labute approximate surface area is 154 Å². The van der Waals surface area contributed by atoms with Gasteiger partial charge in [0.05, 0.1) is 0 Å². The summed E-state index contributed by atoms with van der Waals surface area (Å²) in [6.07, 6.45) is 4.77. The number of likely N-dealkylation sites (tertiary alicyclic amines) is 1. The fourth-order valence-electron chi connectivity index (χ4n) is 3.33. The van der Waals surface area contributed by atoms with Crippen LogP contribution in [0.4, 0.5) is 5.69 Å². The summed E-state index contributed by atoms with van der Waals surface area (Å²) in [6.45, 7) is 6.04. The second kappa shape index (κ2) is 8.13. The highest BCUT2D eigenvalue weighted by molar-refractivity contribution is 6.07. The van der Waals surface area contributed by atoms with Crippen molar-refractivity contribution in [1.29, 1.82) is 0 Å². The highest BCUT2D eigenvalue weighted by Crippen LogP contribution is 2.19. The first-order valence-corrected chi connectivity index (χ1v) is 9.24. The SMILES string of the molecule is CCN(C(=O)c1ccnc(C(=O)N2CCCCC2)c1)c1cccc(C)c1. The van der Waals surface area contributed by atoms with Crippen LogP contribution in [0.1, 0.15) is 52.6 Å². The van der Waals surface area contributed by atoms with Crippen molar-refractivity contribution in [2.75, 3.05) is 24.5 Å². The van der Waals surface area contributed by atoms with E-state index in [4.69, 9.17) is 0 Å². The molecule has 0 radical (unpaired) electrons. The maximum atomic E-state index is 13.0. The van der Waals surface area contributed by atoms with Crippen molar-refractivity contribution in [1.82, 2.24) is 9.88 Å². The number of aryl methyl sites for hydroxylation is 1. The van der Waals surface area contributed by atoms with Crippen LogP contribution in [0, 0.1) is 6.92 Å². The van der Waals surface area contributed by atoms with Crippen LogP contribution >= 0.6 is 0 Å². The van der Waals surface area contributed by atoms with Crippen molar-refractivity contribution >= 4 is 17.5 Å². The summed E-state index contributed by atoms with van der Waals surface area (Å²) in [5, 5.41) is 0. The van der Waals surface area contributed by atoms with Crippen molar-refractivity contribution in [3.63, 3.8) is 0 Å². The number of anilines is 1. The Morgan fingerprint density at radius 2 is 1.88 bits per heavy atom. The summed E-state index contributed by atoms with van der Waals surface area (Å²) in [4.78, 5) is 33.4. The first kappa shape index (κ1) is 18.1. The van der Waals surface area contributed by atoms with Crippen molar-refractivity contribution in [3.8, 4) is 0 Å². The van der Waals surface area contributed by atoms with Crippen molar-refractivity contribution in [3.05, 3.63) is 59.4 Å². The van der Waals surface area contributed by atoms with Crippen molar-refractivity contribution in [2.45, 2.75) is 33.1 Å². The van der Waals surface area contributed by atoms with Gasteiger partial charge < -0.3 is 9.80 Å². The maximum Gasteiger partial charge on any atom is 0.272 e. The van der Waals surface area contributed by atoms with Gasteiger partial charge in [0.2, 0.25) is 0 Å². The molecule has 2 aromatic rings. The highest BCUT2D eigenvalue weighted by atomic mass is 16.2. The molecular weight excluding hydrogens is 326 g/mol. The highest BCUT2D eigenvalue weighted by Gasteiger charge is 2.22. The van der Waals surface area contributed by atoms with E-state index in [2.05, 4.69) is 4.98 Å². The van der Waals surface area contributed by atoms with Gasteiger partial charge in [0.15, 0.2) is 0 Å². The van der Waals surface area contributed by atoms with Crippen LogP contribution in [0.15, 0.2) is 42.6 Å². The molecule has 136 valence electrons. The van der Waals surface area contributed by atoms with Gasteiger partial charge in [0.1, 0.15) is 5.69 Å². The number of rotatable bonds is 4. The molecule has 0 aliphatic carbocycles. The molecule has 1 fully saturated rings. The van der Waals surface area contributed by atoms with E-state index in [-0.39, 0.29) is 11.8 Å². The zero-order valence-electron chi connectivity index (χ0n) is 15.4. The van der Waals surface area contributed by atoms with Crippen LogP contribution in [-0.2, 0) is 0 Å². The molecule has 1 aromatic carbocycles. The molecule has 0 unspecified atom stereocenters. The molecule has 0 N–H and O–H groups in total. The third-order valence-corrected chi connectivity index (χ3v) is 4.74. The molecular formula is C21H25N3O2. The molecule has 1 saturated heterocycles. The molecule has 0 saturated carbocycles. The van der Waals surface area contributed by atoms with Crippen molar-refractivity contribution in [2.24, 2.45) is 0 Å². The van der Waals surface area contributed by atoms with E-state index in [1.807, 2.05) is 43.0 Å². The number of amides is 2. The minimum atomic E-state index is -0.117. The third-order valence-electron chi connectivity index (χ3n) is 4.74. The predicted molar refractivity (Wildman–Crippen MR) is 103 cm³/mol. The molecule has 2 amide bonds. The summed E-state index contributed by atoms with van der Waals surface area (Å²) in [5.41, 5.74) is 2.80. The minimum absolute atomic E-state index is 0.0852. The van der Waals surface area contributed by atoms with E-state index in [1.54, 1.807) is 23.2 Å². The van der Waals surface area contributed by atoms with E-state index < -0.39 is 0 Å². The lowest BCUT2D eigenvalue weighted by molar-refractivity contribution is 0.0718. The van der Waals surface area contributed by atoms with Crippen LogP contribution in [0.2, 0.25) is 0 Å². The normalized spacial score (nSPS) is 14.2. The second-order valence-electron chi connectivity index (χ2n) is 6.67. The van der Waals surface area contributed by atoms with Crippen LogP contribution in [0.5, 0.6) is 0 Å². The van der Waals surface area contributed by atoms with E-state index >= 15 is 0 Å². The summed E-state index contributed by atoms with van der Waals surface area (Å²) in [7, 11) is 0. The largest absolute Gasteiger partial charge is 0.337 e. The van der Waals surface area contributed by atoms with E-state index in [9.17, 15) is 9.59 Å².